The van der Waals surface area contributed by atoms with Crippen LogP contribution in [-0.2, 0) is 11.2 Å². The Morgan fingerprint density at radius 3 is 2.67 bits per heavy atom. The number of rotatable bonds is 6. The topological polar surface area (TPSA) is 86.0 Å². The third-order valence-electron chi connectivity index (χ3n) is 4.73. The summed E-state index contributed by atoms with van der Waals surface area (Å²) in [6.45, 7) is 2.06. The van der Waals surface area contributed by atoms with Gasteiger partial charge in [0, 0.05) is 44.1 Å². The molecule has 4 rings (SSSR count). The first-order valence-electron chi connectivity index (χ1n) is 9.63. The van der Waals surface area contributed by atoms with Crippen molar-refractivity contribution in [3.8, 4) is 22.8 Å². The summed E-state index contributed by atoms with van der Waals surface area (Å²) in [4.78, 5) is 31.0. The van der Waals surface area contributed by atoms with Crippen molar-refractivity contribution in [2.45, 2.75) is 13.3 Å². The van der Waals surface area contributed by atoms with Crippen molar-refractivity contribution in [2.24, 2.45) is 0 Å². The molecule has 30 heavy (non-hydrogen) atoms. The number of ether oxygens (including phenoxy) is 1. The maximum Gasteiger partial charge on any atom is 0.259 e. The highest BCUT2D eigenvalue weighted by Gasteiger charge is 2.14. The van der Waals surface area contributed by atoms with Crippen LogP contribution in [0.4, 0.5) is 0 Å². The van der Waals surface area contributed by atoms with E-state index in [0.29, 0.717) is 11.6 Å². The second-order valence-electron chi connectivity index (χ2n) is 6.97. The fourth-order valence-electron chi connectivity index (χ4n) is 3.10. The molecule has 0 N–H and O–H groups in total. The zero-order valence-electron chi connectivity index (χ0n) is 17.1. The van der Waals surface area contributed by atoms with Crippen LogP contribution in [-0.4, -0.2) is 56.0 Å². The first-order valence-corrected chi connectivity index (χ1v) is 9.63. The quantitative estimate of drug-likeness (QED) is 0.493. The van der Waals surface area contributed by atoms with Gasteiger partial charge in [-0.05, 0) is 24.6 Å². The van der Waals surface area contributed by atoms with Crippen molar-refractivity contribution in [2.75, 3.05) is 20.7 Å². The van der Waals surface area contributed by atoms with Gasteiger partial charge >= 0.3 is 0 Å². The van der Waals surface area contributed by atoms with Gasteiger partial charge in [0.05, 0.1) is 16.9 Å². The molecule has 0 aliphatic heterocycles. The second-order valence-corrected chi connectivity index (χ2v) is 6.97. The van der Waals surface area contributed by atoms with E-state index in [9.17, 15) is 4.79 Å². The average molecular weight is 402 g/mol. The lowest BCUT2D eigenvalue weighted by molar-refractivity contribution is -0.130. The lowest BCUT2D eigenvalue weighted by Gasteiger charge is -2.13. The molecule has 4 aromatic rings. The predicted octanol–water partition coefficient (Wildman–Crippen LogP) is 2.91. The fourth-order valence-corrected chi connectivity index (χ4v) is 3.10. The summed E-state index contributed by atoms with van der Waals surface area (Å²) in [5.74, 6) is 1.11. The van der Waals surface area contributed by atoms with E-state index in [2.05, 4.69) is 16.9 Å². The third-order valence-corrected chi connectivity index (χ3v) is 4.73. The molecule has 3 aromatic heterocycles. The summed E-state index contributed by atoms with van der Waals surface area (Å²) < 4.78 is 7.65. The van der Waals surface area contributed by atoms with E-state index in [0.717, 1.165) is 34.4 Å². The molecule has 0 saturated heterocycles. The van der Waals surface area contributed by atoms with Crippen molar-refractivity contribution < 1.29 is 9.53 Å². The highest BCUT2D eigenvalue weighted by molar-refractivity contribution is 5.82. The van der Waals surface area contributed by atoms with Gasteiger partial charge in [-0.15, -0.1) is 0 Å². The maximum atomic E-state index is 11.8. The number of hydrogen-bond donors (Lipinski definition) is 0. The Bertz CT molecular complexity index is 1190. The monoisotopic (exact) mass is 402 g/mol. The van der Waals surface area contributed by atoms with Gasteiger partial charge in [-0.1, -0.05) is 13.0 Å². The van der Waals surface area contributed by atoms with Crippen LogP contribution in [0.25, 0.3) is 28.1 Å². The van der Waals surface area contributed by atoms with Crippen LogP contribution in [0.2, 0.25) is 0 Å². The lowest BCUT2D eigenvalue weighted by atomic mass is 10.2. The number of carbonyl (C=O) groups excluding carboxylic acids is 1. The van der Waals surface area contributed by atoms with Crippen molar-refractivity contribution in [1.29, 1.82) is 0 Å². The molecule has 152 valence electrons. The third kappa shape index (κ3) is 3.84. The zero-order valence-corrected chi connectivity index (χ0v) is 17.1. The number of hydrogen-bond acceptors (Lipinski definition) is 6. The Balaban J connectivity index is 1.74. The molecule has 3 heterocycles. The van der Waals surface area contributed by atoms with Gasteiger partial charge in [0.1, 0.15) is 17.7 Å². The number of aryl methyl sites for hydroxylation is 1. The Morgan fingerprint density at radius 1 is 1.13 bits per heavy atom. The number of nitrogens with zero attached hydrogens (tertiary/aromatic N) is 6. The Kier molecular flexibility index (Phi) is 5.38. The summed E-state index contributed by atoms with van der Waals surface area (Å²) in [6.07, 6.45) is 7.64. The average Bonchev–Trinajstić information content (AvgIpc) is 3.21. The lowest BCUT2D eigenvalue weighted by Crippen LogP contribution is -2.27. The van der Waals surface area contributed by atoms with Crippen molar-refractivity contribution >= 4 is 16.9 Å². The number of carbonyl (C=O) groups is 1. The molecule has 0 spiro atoms. The van der Waals surface area contributed by atoms with Crippen LogP contribution in [0.5, 0.6) is 5.75 Å². The first-order chi connectivity index (χ1) is 14.6. The molecule has 1 aromatic carbocycles. The Hall–Kier alpha value is -3.81. The summed E-state index contributed by atoms with van der Waals surface area (Å²) in [6, 6.07) is 9.60. The van der Waals surface area contributed by atoms with Gasteiger partial charge in [-0.25, -0.2) is 19.9 Å². The smallest absolute Gasteiger partial charge is 0.259 e. The predicted molar refractivity (Wildman–Crippen MR) is 113 cm³/mol. The Labute approximate surface area is 174 Å². The summed E-state index contributed by atoms with van der Waals surface area (Å²) >= 11 is 0. The molecule has 0 aliphatic carbocycles. The normalized spacial score (nSPS) is 10.9. The molecular formula is C22H22N6O2. The SMILES string of the molecule is CCc1nc(-c2cncnc2)nc2c1ccn2-c1cccc(OCC(=O)N(C)C)c1. The molecule has 0 atom stereocenters. The first kappa shape index (κ1) is 19.5. The van der Waals surface area contributed by atoms with Crippen LogP contribution in [0.15, 0.2) is 55.2 Å². The summed E-state index contributed by atoms with van der Waals surface area (Å²) in [5, 5.41) is 0.993. The molecule has 0 radical (unpaired) electrons. The fraction of sp³-hybridized carbons (Fsp3) is 0.227. The van der Waals surface area contributed by atoms with E-state index >= 15 is 0 Å². The molecular weight excluding hydrogens is 380 g/mol. The van der Waals surface area contributed by atoms with Crippen LogP contribution in [0, 0.1) is 0 Å². The largest absolute Gasteiger partial charge is 0.484 e. The van der Waals surface area contributed by atoms with E-state index in [1.165, 1.54) is 11.2 Å². The molecule has 0 bridgehead atoms. The van der Waals surface area contributed by atoms with Crippen LogP contribution >= 0.6 is 0 Å². The highest BCUT2D eigenvalue weighted by Crippen LogP contribution is 2.26. The van der Waals surface area contributed by atoms with Crippen molar-refractivity contribution in [1.82, 2.24) is 29.4 Å². The minimum absolute atomic E-state index is 0.0107. The minimum Gasteiger partial charge on any atom is -0.484 e. The highest BCUT2D eigenvalue weighted by atomic mass is 16.5. The van der Waals surface area contributed by atoms with Gasteiger partial charge < -0.3 is 14.2 Å². The minimum atomic E-state index is -0.0955. The van der Waals surface area contributed by atoms with E-state index in [1.807, 2.05) is 41.1 Å². The summed E-state index contributed by atoms with van der Waals surface area (Å²) in [5.41, 5.74) is 3.40. The van der Waals surface area contributed by atoms with Gasteiger partial charge in [0.25, 0.3) is 5.91 Å². The van der Waals surface area contributed by atoms with E-state index in [4.69, 9.17) is 14.7 Å². The second kappa shape index (κ2) is 8.28. The van der Waals surface area contributed by atoms with E-state index in [-0.39, 0.29) is 12.5 Å². The number of fused-ring (bicyclic) bond motifs is 1. The molecule has 0 fully saturated rings. The van der Waals surface area contributed by atoms with Gasteiger partial charge in [-0.2, -0.15) is 0 Å². The molecule has 1 amide bonds. The Morgan fingerprint density at radius 2 is 1.93 bits per heavy atom. The summed E-state index contributed by atoms with van der Waals surface area (Å²) in [7, 11) is 3.41. The number of aromatic nitrogens is 5. The molecule has 0 aliphatic rings. The van der Waals surface area contributed by atoms with E-state index < -0.39 is 0 Å². The molecule has 8 nitrogen and oxygen atoms in total. The molecule has 0 saturated carbocycles. The maximum absolute atomic E-state index is 11.8. The number of benzene rings is 1. The van der Waals surface area contributed by atoms with Crippen LogP contribution < -0.4 is 4.74 Å². The van der Waals surface area contributed by atoms with Gasteiger partial charge in [-0.3, -0.25) is 4.79 Å². The standard InChI is InChI=1S/C22H22N6O2/c1-4-19-18-8-9-28(22(18)26-21(25-19)15-11-23-14-24-12-15)16-6-5-7-17(10-16)30-13-20(29)27(2)3/h5-12,14H,4,13H2,1-3H3. The molecule has 0 unspecified atom stereocenters. The zero-order chi connectivity index (χ0) is 21.1. The molecule has 8 heteroatoms. The van der Waals surface area contributed by atoms with Gasteiger partial charge in [0.2, 0.25) is 0 Å². The van der Waals surface area contributed by atoms with E-state index in [1.54, 1.807) is 26.5 Å². The number of amides is 1. The van der Waals surface area contributed by atoms with Gasteiger partial charge in [0.15, 0.2) is 12.4 Å². The van der Waals surface area contributed by atoms with Crippen LogP contribution in [0.3, 0.4) is 0 Å². The van der Waals surface area contributed by atoms with Crippen molar-refractivity contribution in [3.63, 3.8) is 0 Å². The van der Waals surface area contributed by atoms with Crippen molar-refractivity contribution in [3.05, 3.63) is 60.9 Å². The van der Waals surface area contributed by atoms with Crippen LogP contribution in [0.1, 0.15) is 12.6 Å². The number of likely N-dealkylation sites (N-methyl/N-ethyl adjacent to an activating group) is 1.